The third kappa shape index (κ3) is 1.61. The van der Waals surface area contributed by atoms with E-state index in [-0.39, 0.29) is 0 Å². The van der Waals surface area contributed by atoms with E-state index in [0.717, 1.165) is 23.4 Å². The summed E-state index contributed by atoms with van der Waals surface area (Å²) < 4.78 is 5.50. The minimum Gasteiger partial charge on any atom is -0.440 e. The first-order valence-corrected chi connectivity index (χ1v) is 5.40. The summed E-state index contributed by atoms with van der Waals surface area (Å²) >= 11 is 3.31. The van der Waals surface area contributed by atoms with Gasteiger partial charge in [0.15, 0.2) is 5.58 Å². The van der Waals surface area contributed by atoms with Crippen LogP contribution < -0.4 is 0 Å². The van der Waals surface area contributed by atoms with Gasteiger partial charge in [-0.2, -0.15) is 0 Å². The topological polar surface area (TPSA) is 26.0 Å². The van der Waals surface area contributed by atoms with Crippen LogP contribution in [-0.2, 0) is 11.8 Å². The number of oxazole rings is 1. The number of rotatable bonds is 2. The van der Waals surface area contributed by atoms with Crippen LogP contribution in [0.4, 0.5) is 0 Å². The molecule has 13 heavy (non-hydrogen) atoms. The summed E-state index contributed by atoms with van der Waals surface area (Å²) in [5.41, 5.74) is 3.10. The van der Waals surface area contributed by atoms with Crippen molar-refractivity contribution in [3.05, 3.63) is 29.7 Å². The molecule has 2 nitrogen and oxygen atoms in total. The Morgan fingerprint density at radius 3 is 3.00 bits per heavy atom. The van der Waals surface area contributed by atoms with Crippen LogP contribution in [0.5, 0.6) is 0 Å². The number of nitrogens with zero attached hydrogens (tertiary/aromatic N) is 1. The SMILES string of the molecule is CCc1ccc2nc(CBr)oc2c1. The number of alkyl halides is 1. The maximum Gasteiger partial charge on any atom is 0.206 e. The molecule has 0 aliphatic heterocycles. The zero-order valence-electron chi connectivity index (χ0n) is 7.38. The fraction of sp³-hybridized carbons (Fsp3) is 0.300. The molecule has 1 aromatic heterocycles. The van der Waals surface area contributed by atoms with Crippen LogP contribution in [0.25, 0.3) is 11.1 Å². The lowest BCUT2D eigenvalue weighted by Crippen LogP contribution is -1.77. The number of halogens is 1. The largest absolute Gasteiger partial charge is 0.440 e. The second-order valence-electron chi connectivity index (χ2n) is 2.90. The van der Waals surface area contributed by atoms with Gasteiger partial charge < -0.3 is 4.42 Å². The number of hydrogen-bond donors (Lipinski definition) is 0. The average Bonchev–Trinajstić information content (AvgIpc) is 2.58. The monoisotopic (exact) mass is 239 g/mol. The lowest BCUT2D eigenvalue weighted by atomic mass is 10.1. The Morgan fingerprint density at radius 2 is 2.31 bits per heavy atom. The van der Waals surface area contributed by atoms with Gasteiger partial charge in [-0.1, -0.05) is 28.9 Å². The van der Waals surface area contributed by atoms with Gasteiger partial charge in [0.1, 0.15) is 5.52 Å². The van der Waals surface area contributed by atoms with E-state index < -0.39 is 0 Å². The average molecular weight is 240 g/mol. The minimum atomic E-state index is 0.670. The van der Waals surface area contributed by atoms with Crippen molar-refractivity contribution in [2.75, 3.05) is 0 Å². The van der Waals surface area contributed by atoms with Crippen LogP contribution in [0.1, 0.15) is 18.4 Å². The molecule has 0 bridgehead atoms. The molecule has 1 heterocycles. The molecule has 0 fully saturated rings. The van der Waals surface area contributed by atoms with Crippen molar-refractivity contribution >= 4 is 27.0 Å². The van der Waals surface area contributed by atoms with Gasteiger partial charge in [-0.3, -0.25) is 0 Å². The van der Waals surface area contributed by atoms with E-state index in [9.17, 15) is 0 Å². The molecule has 0 spiro atoms. The Morgan fingerprint density at radius 1 is 1.46 bits per heavy atom. The Kier molecular flexibility index (Phi) is 2.36. The van der Waals surface area contributed by atoms with Crippen LogP contribution in [0, 0.1) is 0 Å². The van der Waals surface area contributed by atoms with E-state index in [1.165, 1.54) is 5.56 Å². The molecule has 0 saturated carbocycles. The van der Waals surface area contributed by atoms with Crippen LogP contribution in [-0.4, -0.2) is 4.98 Å². The molecule has 0 saturated heterocycles. The number of benzene rings is 1. The fourth-order valence-electron chi connectivity index (χ4n) is 1.29. The molecule has 0 aliphatic carbocycles. The molecule has 2 aromatic rings. The lowest BCUT2D eigenvalue weighted by Gasteiger charge is -1.92. The third-order valence-corrected chi connectivity index (χ3v) is 2.50. The highest BCUT2D eigenvalue weighted by Gasteiger charge is 2.03. The zero-order valence-corrected chi connectivity index (χ0v) is 8.97. The van der Waals surface area contributed by atoms with Gasteiger partial charge in [-0.15, -0.1) is 0 Å². The number of aryl methyl sites for hydroxylation is 1. The highest BCUT2D eigenvalue weighted by Crippen LogP contribution is 2.18. The Labute approximate surface area is 85.1 Å². The van der Waals surface area contributed by atoms with E-state index >= 15 is 0 Å². The van der Waals surface area contributed by atoms with Gasteiger partial charge in [0.2, 0.25) is 5.89 Å². The summed E-state index contributed by atoms with van der Waals surface area (Å²) in [6, 6.07) is 6.14. The summed E-state index contributed by atoms with van der Waals surface area (Å²) in [7, 11) is 0. The molecule has 0 N–H and O–H groups in total. The first kappa shape index (κ1) is 8.75. The van der Waals surface area contributed by atoms with Crippen molar-refractivity contribution < 1.29 is 4.42 Å². The third-order valence-electron chi connectivity index (χ3n) is 2.02. The quantitative estimate of drug-likeness (QED) is 0.753. The smallest absolute Gasteiger partial charge is 0.206 e. The maximum atomic E-state index is 5.50. The van der Waals surface area contributed by atoms with E-state index in [1.54, 1.807) is 0 Å². The summed E-state index contributed by atoms with van der Waals surface area (Å²) in [4.78, 5) is 4.29. The molecule has 0 atom stereocenters. The molecule has 0 aliphatic rings. The first-order chi connectivity index (χ1) is 6.33. The van der Waals surface area contributed by atoms with Gasteiger partial charge in [0.25, 0.3) is 0 Å². The number of fused-ring (bicyclic) bond motifs is 1. The minimum absolute atomic E-state index is 0.670. The number of aromatic nitrogens is 1. The summed E-state index contributed by atoms with van der Waals surface area (Å²) in [5.74, 6) is 0.739. The molecule has 0 radical (unpaired) electrons. The second-order valence-corrected chi connectivity index (χ2v) is 3.46. The molecular weight excluding hydrogens is 230 g/mol. The van der Waals surface area contributed by atoms with Crippen LogP contribution in [0.3, 0.4) is 0 Å². The molecule has 2 rings (SSSR count). The van der Waals surface area contributed by atoms with Crippen molar-refractivity contribution in [1.29, 1.82) is 0 Å². The van der Waals surface area contributed by atoms with Crippen molar-refractivity contribution in [1.82, 2.24) is 4.98 Å². The Balaban J connectivity index is 2.57. The molecule has 68 valence electrons. The van der Waals surface area contributed by atoms with E-state index in [1.807, 2.05) is 6.07 Å². The number of hydrogen-bond acceptors (Lipinski definition) is 2. The Bertz CT molecular complexity index is 420. The van der Waals surface area contributed by atoms with Crippen molar-refractivity contribution in [2.24, 2.45) is 0 Å². The van der Waals surface area contributed by atoms with Gasteiger partial charge in [0.05, 0.1) is 5.33 Å². The molecular formula is C10H10BrNO. The molecule has 0 unspecified atom stereocenters. The maximum absolute atomic E-state index is 5.50. The van der Waals surface area contributed by atoms with Crippen LogP contribution in [0.2, 0.25) is 0 Å². The summed E-state index contributed by atoms with van der Waals surface area (Å²) in [6.45, 7) is 2.13. The van der Waals surface area contributed by atoms with Crippen molar-refractivity contribution in [3.8, 4) is 0 Å². The molecule has 1 aromatic carbocycles. The van der Waals surface area contributed by atoms with E-state index in [2.05, 4.69) is 40.0 Å². The molecule has 3 heteroatoms. The lowest BCUT2D eigenvalue weighted by molar-refractivity contribution is 0.557. The summed E-state index contributed by atoms with van der Waals surface area (Å²) in [5, 5.41) is 0.670. The normalized spacial score (nSPS) is 10.9. The van der Waals surface area contributed by atoms with E-state index in [0.29, 0.717) is 5.33 Å². The van der Waals surface area contributed by atoms with Gasteiger partial charge in [-0.25, -0.2) is 4.98 Å². The van der Waals surface area contributed by atoms with Gasteiger partial charge >= 0.3 is 0 Å². The highest BCUT2D eigenvalue weighted by molar-refractivity contribution is 9.08. The van der Waals surface area contributed by atoms with Crippen LogP contribution in [0.15, 0.2) is 22.6 Å². The van der Waals surface area contributed by atoms with Crippen molar-refractivity contribution in [2.45, 2.75) is 18.7 Å². The fourth-order valence-corrected chi connectivity index (χ4v) is 1.53. The standard InChI is InChI=1S/C10H10BrNO/c1-2-7-3-4-8-9(5-7)13-10(6-11)12-8/h3-5H,2,6H2,1H3. The highest BCUT2D eigenvalue weighted by atomic mass is 79.9. The first-order valence-electron chi connectivity index (χ1n) is 4.27. The van der Waals surface area contributed by atoms with E-state index in [4.69, 9.17) is 4.42 Å². The van der Waals surface area contributed by atoms with Gasteiger partial charge in [-0.05, 0) is 24.1 Å². The predicted octanol–water partition coefficient (Wildman–Crippen LogP) is 3.29. The zero-order chi connectivity index (χ0) is 9.26. The summed E-state index contributed by atoms with van der Waals surface area (Å²) in [6.07, 6.45) is 1.03. The van der Waals surface area contributed by atoms with Gasteiger partial charge in [0, 0.05) is 0 Å². The van der Waals surface area contributed by atoms with Crippen molar-refractivity contribution in [3.63, 3.8) is 0 Å². The Hall–Kier alpha value is -0.830. The predicted molar refractivity (Wildman–Crippen MR) is 56.0 cm³/mol. The molecule has 0 amide bonds. The van der Waals surface area contributed by atoms with Crippen LogP contribution >= 0.6 is 15.9 Å². The second kappa shape index (κ2) is 3.50.